The summed E-state index contributed by atoms with van der Waals surface area (Å²) in [5.74, 6) is 1.71. The van der Waals surface area contributed by atoms with Crippen LogP contribution in [-0.4, -0.2) is 26.3 Å². The van der Waals surface area contributed by atoms with Crippen LogP contribution in [0.4, 0.5) is 10.2 Å². The van der Waals surface area contributed by atoms with E-state index in [4.69, 9.17) is 4.74 Å². The van der Waals surface area contributed by atoms with Crippen LogP contribution in [0.25, 0.3) is 10.9 Å². The fraction of sp³-hybridized carbons (Fsp3) is 0.292. The molecule has 1 aromatic carbocycles. The van der Waals surface area contributed by atoms with Crippen molar-refractivity contribution in [3.63, 3.8) is 0 Å². The van der Waals surface area contributed by atoms with E-state index in [0.29, 0.717) is 24.9 Å². The van der Waals surface area contributed by atoms with Crippen molar-refractivity contribution in [2.45, 2.75) is 33.9 Å². The van der Waals surface area contributed by atoms with E-state index in [-0.39, 0.29) is 5.82 Å². The molecular weight excluding hydrogens is 393 g/mol. The van der Waals surface area contributed by atoms with Crippen molar-refractivity contribution in [3.05, 3.63) is 77.5 Å². The van der Waals surface area contributed by atoms with E-state index >= 15 is 0 Å². The van der Waals surface area contributed by atoms with Crippen LogP contribution in [0.1, 0.15) is 30.5 Å². The molecule has 0 bridgehead atoms. The van der Waals surface area contributed by atoms with Gasteiger partial charge in [0.2, 0.25) is 5.88 Å². The average Bonchev–Trinajstić information content (AvgIpc) is 3.15. The van der Waals surface area contributed by atoms with E-state index in [1.165, 1.54) is 12.1 Å². The lowest BCUT2D eigenvalue weighted by Crippen LogP contribution is -2.09. The summed E-state index contributed by atoms with van der Waals surface area (Å²) in [6.45, 7) is 8.10. The van der Waals surface area contributed by atoms with Gasteiger partial charge in [-0.25, -0.2) is 14.4 Å². The van der Waals surface area contributed by atoms with Gasteiger partial charge >= 0.3 is 0 Å². The van der Waals surface area contributed by atoms with E-state index < -0.39 is 0 Å². The van der Waals surface area contributed by atoms with E-state index in [9.17, 15) is 4.39 Å². The molecule has 160 valence electrons. The minimum absolute atomic E-state index is 0.257. The molecule has 4 aromatic rings. The molecule has 0 saturated heterocycles. The van der Waals surface area contributed by atoms with Gasteiger partial charge in [0.15, 0.2) is 0 Å². The molecule has 0 saturated carbocycles. The molecule has 31 heavy (non-hydrogen) atoms. The molecule has 0 amide bonds. The second kappa shape index (κ2) is 9.12. The summed E-state index contributed by atoms with van der Waals surface area (Å²) in [7, 11) is 0. The van der Waals surface area contributed by atoms with Gasteiger partial charge in [-0.15, -0.1) is 0 Å². The highest BCUT2D eigenvalue weighted by Crippen LogP contribution is 2.22. The van der Waals surface area contributed by atoms with Crippen molar-refractivity contribution >= 4 is 16.7 Å². The van der Waals surface area contributed by atoms with Gasteiger partial charge in [0.05, 0.1) is 17.4 Å². The third kappa shape index (κ3) is 5.17. The summed E-state index contributed by atoms with van der Waals surface area (Å²) >= 11 is 0. The lowest BCUT2D eigenvalue weighted by Gasteiger charge is -2.10. The fourth-order valence-corrected chi connectivity index (χ4v) is 3.29. The van der Waals surface area contributed by atoms with Crippen LogP contribution in [-0.2, 0) is 13.2 Å². The number of nitrogens with one attached hydrogen (secondary N) is 1. The van der Waals surface area contributed by atoms with E-state index in [1.807, 2.05) is 23.9 Å². The lowest BCUT2D eigenvalue weighted by molar-refractivity contribution is 0.291. The summed E-state index contributed by atoms with van der Waals surface area (Å²) in [6.07, 6.45) is 5.59. The van der Waals surface area contributed by atoms with Gasteiger partial charge in [0, 0.05) is 30.7 Å². The lowest BCUT2D eigenvalue weighted by atomic mass is 10.2. The van der Waals surface area contributed by atoms with Crippen molar-refractivity contribution in [1.82, 2.24) is 19.7 Å². The fourth-order valence-electron chi connectivity index (χ4n) is 3.29. The number of aryl methyl sites for hydroxylation is 1. The summed E-state index contributed by atoms with van der Waals surface area (Å²) in [5, 5.41) is 9.08. The van der Waals surface area contributed by atoms with Gasteiger partial charge < -0.3 is 10.1 Å². The summed E-state index contributed by atoms with van der Waals surface area (Å²) < 4.78 is 20.7. The van der Waals surface area contributed by atoms with Crippen molar-refractivity contribution in [2.24, 2.45) is 5.92 Å². The number of halogens is 1. The molecule has 0 aliphatic heterocycles. The molecule has 0 fully saturated rings. The monoisotopic (exact) mass is 419 g/mol. The number of aromatic nitrogens is 4. The molecule has 7 heteroatoms. The quantitative estimate of drug-likeness (QED) is 0.437. The number of benzene rings is 1. The Morgan fingerprint density at radius 1 is 1.10 bits per heavy atom. The van der Waals surface area contributed by atoms with Gasteiger partial charge in [-0.1, -0.05) is 26.0 Å². The highest BCUT2D eigenvalue weighted by atomic mass is 19.1. The van der Waals surface area contributed by atoms with Crippen LogP contribution in [0.3, 0.4) is 0 Å². The largest absolute Gasteiger partial charge is 0.473 e. The first-order valence-corrected chi connectivity index (χ1v) is 10.4. The first-order valence-electron chi connectivity index (χ1n) is 10.4. The average molecular weight is 420 g/mol. The Labute approximate surface area is 181 Å². The molecule has 0 unspecified atom stereocenters. The first-order chi connectivity index (χ1) is 15.0. The van der Waals surface area contributed by atoms with E-state index in [0.717, 1.165) is 40.0 Å². The highest BCUT2D eigenvalue weighted by molar-refractivity contribution is 5.88. The van der Waals surface area contributed by atoms with Gasteiger partial charge in [-0.3, -0.25) is 4.68 Å². The Hall–Kier alpha value is -3.48. The molecule has 1 N–H and O–H groups in total. The van der Waals surface area contributed by atoms with Crippen LogP contribution in [0, 0.1) is 18.7 Å². The minimum atomic E-state index is -0.257. The second-order valence-electron chi connectivity index (χ2n) is 8.07. The highest BCUT2D eigenvalue weighted by Gasteiger charge is 2.09. The van der Waals surface area contributed by atoms with Crippen molar-refractivity contribution in [3.8, 4) is 5.88 Å². The Morgan fingerprint density at radius 3 is 2.65 bits per heavy atom. The summed E-state index contributed by atoms with van der Waals surface area (Å²) in [5.41, 5.74) is 3.77. The normalized spacial score (nSPS) is 11.3. The Kier molecular flexibility index (Phi) is 6.11. The Bertz CT molecular complexity index is 1170. The second-order valence-corrected chi connectivity index (χ2v) is 8.07. The SMILES string of the molecule is Cc1cc(Cn2cc3c(NCC(C)C)nccc3n2)cnc1OCc1ccc(F)cc1. The van der Waals surface area contributed by atoms with E-state index in [2.05, 4.69) is 40.3 Å². The number of pyridine rings is 2. The van der Waals surface area contributed by atoms with E-state index in [1.54, 1.807) is 24.5 Å². The van der Waals surface area contributed by atoms with Gasteiger partial charge in [0.1, 0.15) is 18.2 Å². The van der Waals surface area contributed by atoms with Crippen LogP contribution < -0.4 is 10.1 Å². The van der Waals surface area contributed by atoms with Crippen molar-refractivity contribution < 1.29 is 9.13 Å². The number of ether oxygens (including phenoxy) is 1. The predicted molar refractivity (Wildman–Crippen MR) is 120 cm³/mol. The predicted octanol–water partition coefficient (Wildman–Crippen LogP) is 4.97. The van der Waals surface area contributed by atoms with Crippen LogP contribution in [0.2, 0.25) is 0 Å². The molecule has 3 aromatic heterocycles. The number of hydrogen-bond donors (Lipinski definition) is 1. The van der Waals surface area contributed by atoms with Crippen LogP contribution in [0.15, 0.2) is 55.0 Å². The molecule has 0 radical (unpaired) electrons. The number of rotatable bonds is 8. The van der Waals surface area contributed by atoms with Crippen molar-refractivity contribution in [2.75, 3.05) is 11.9 Å². The molecule has 0 aliphatic rings. The maximum Gasteiger partial charge on any atom is 0.216 e. The molecule has 0 spiro atoms. The number of anilines is 1. The van der Waals surface area contributed by atoms with Gasteiger partial charge in [0.25, 0.3) is 0 Å². The van der Waals surface area contributed by atoms with Crippen molar-refractivity contribution in [1.29, 1.82) is 0 Å². The summed E-state index contributed by atoms with van der Waals surface area (Å²) in [4.78, 5) is 8.93. The maximum absolute atomic E-state index is 13.0. The minimum Gasteiger partial charge on any atom is -0.473 e. The number of nitrogens with zero attached hydrogens (tertiary/aromatic N) is 4. The zero-order chi connectivity index (χ0) is 21.8. The zero-order valence-electron chi connectivity index (χ0n) is 18.0. The van der Waals surface area contributed by atoms with Crippen LogP contribution >= 0.6 is 0 Å². The third-order valence-corrected chi connectivity index (χ3v) is 4.88. The topological polar surface area (TPSA) is 64.9 Å². The Morgan fingerprint density at radius 2 is 1.90 bits per heavy atom. The Balaban J connectivity index is 1.45. The van der Waals surface area contributed by atoms with Gasteiger partial charge in [-0.05, 0) is 48.2 Å². The molecule has 0 atom stereocenters. The third-order valence-electron chi connectivity index (χ3n) is 4.88. The molecule has 6 nitrogen and oxygen atoms in total. The standard InChI is InChI=1S/C24H26FN5O/c1-16(2)11-27-23-21-14-30(29-22(21)8-9-26-23)13-19-10-17(3)24(28-12-19)31-15-18-4-6-20(25)7-5-18/h4-10,12,14,16H,11,13,15H2,1-3H3,(H,26,27). The van der Waals surface area contributed by atoms with Gasteiger partial charge in [-0.2, -0.15) is 5.10 Å². The molecule has 4 rings (SSSR count). The number of fused-ring (bicyclic) bond motifs is 1. The number of hydrogen-bond acceptors (Lipinski definition) is 5. The molecule has 3 heterocycles. The first kappa shape index (κ1) is 20.8. The maximum atomic E-state index is 13.0. The molecular formula is C24H26FN5O. The smallest absolute Gasteiger partial charge is 0.216 e. The van der Waals surface area contributed by atoms with Crippen LogP contribution in [0.5, 0.6) is 5.88 Å². The zero-order valence-corrected chi connectivity index (χ0v) is 18.0. The molecule has 0 aliphatic carbocycles. The summed E-state index contributed by atoms with van der Waals surface area (Å²) in [6, 6.07) is 10.2.